The molecule has 1 aliphatic rings. The van der Waals surface area contributed by atoms with Gasteiger partial charge in [0.05, 0.1) is 0 Å². The number of hydrogen-bond acceptors (Lipinski definition) is 1. The molecule has 0 spiro atoms. The van der Waals surface area contributed by atoms with E-state index in [0.717, 1.165) is 6.42 Å². The van der Waals surface area contributed by atoms with Crippen LogP contribution in [-0.2, 0) is 4.79 Å². The van der Waals surface area contributed by atoms with Gasteiger partial charge in [0.1, 0.15) is 0 Å². The van der Waals surface area contributed by atoms with E-state index in [1.807, 2.05) is 0 Å². The molecule has 0 aromatic carbocycles. The number of rotatable bonds is 3. The van der Waals surface area contributed by atoms with Gasteiger partial charge in [-0.15, -0.1) is 6.58 Å². The van der Waals surface area contributed by atoms with Crippen molar-refractivity contribution in [1.82, 2.24) is 5.32 Å². The summed E-state index contributed by atoms with van der Waals surface area (Å²) in [5.74, 6) is 1.08. The highest BCUT2D eigenvalue weighted by atomic mass is 16.2. The molecule has 0 bridgehead atoms. The summed E-state index contributed by atoms with van der Waals surface area (Å²) in [5.41, 5.74) is 0. The van der Waals surface area contributed by atoms with Crippen molar-refractivity contribution in [2.75, 3.05) is 6.54 Å². The van der Waals surface area contributed by atoms with Crippen LogP contribution < -0.4 is 5.32 Å². The lowest BCUT2D eigenvalue weighted by Crippen LogP contribution is -2.25. The van der Waals surface area contributed by atoms with Gasteiger partial charge in [0.15, 0.2) is 0 Å². The SMILES string of the molecule is C=CCNC(=O)[C@H]1C[C@@H]1C. The highest BCUT2D eigenvalue weighted by Gasteiger charge is 2.38. The number of carbonyl (C=O) groups excluding carboxylic acids is 1. The van der Waals surface area contributed by atoms with Crippen LogP contribution in [0.2, 0.25) is 0 Å². The number of carbonyl (C=O) groups is 1. The quantitative estimate of drug-likeness (QED) is 0.579. The minimum absolute atomic E-state index is 0.187. The van der Waals surface area contributed by atoms with Crippen LogP contribution in [0.25, 0.3) is 0 Å². The predicted octanol–water partition coefficient (Wildman–Crippen LogP) is 0.945. The van der Waals surface area contributed by atoms with E-state index in [4.69, 9.17) is 0 Å². The molecule has 0 unspecified atom stereocenters. The zero-order chi connectivity index (χ0) is 7.56. The first kappa shape index (κ1) is 7.32. The fraction of sp³-hybridized carbons (Fsp3) is 0.625. The van der Waals surface area contributed by atoms with Crippen LogP contribution in [0.15, 0.2) is 12.7 Å². The van der Waals surface area contributed by atoms with Gasteiger partial charge in [-0.05, 0) is 12.3 Å². The first-order valence-electron chi connectivity index (χ1n) is 3.64. The van der Waals surface area contributed by atoms with E-state index in [0.29, 0.717) is 18.4 Å². The highest BCUT2D eigenvalue weighted by Crippen LogP contribution is 2.37. The standard InChI is InChI=1S/C8H13NO/c1-3-4-9-8(10)7-5-6(7)2/h3,6-7H,1,4-5H2,2H3,(H,9,10)/t6-,7-/m0/s1. The molecule has 1 rings (SSSR count). The summed E-state index contributed by atoms with van der Waals surface area (Å²) in [6, 6.07) is 0. The van der Waals surface area contributed by atoms with E-state index in [1.54, 1.807) is 6.08 Å². The summed E-state index contributed by atoms with van der Waals surface area (Å²) < 4.78 is 0. The fourth-order valence-electron chi connectivity index (χ4n) is 0.991. The van der Waals surface area contributed by atoms with E-state index in [1.165, 1.54) is 0 Å². The Bertz CT molecular complexity index is 153. The second-order valence-electron chi connectivity index (χ2n) is 2.85. The van der Waals surface area contributed by atoms with Crippen molar-refractivity contribution in [2.24, 2.45) is 11.8 Å². The van der Waals surface area contributed by atoms with E-state index in [9.17, 15) is 4.79 Å². The molecule has 1 amide bonds. The Hall–Kier alpha value is -0.790. The normalized spacial score (nSPS) is 29.3. The van der Waals surface area contributed by atoms with Crippen molar-refractivity contribution in [2.45, 2.75) is 13.3 Å². The average molecular weight is 139 g/mol. The molecule has 0 heterocycles. The first-order valence-corrected chi connectivity index (χ1v) is 3.64. The predicted molar refractivity (Wildman–Crippen MR) is 40.5 cm³/mol. The van der Waals surface area contributed by atoms with Gasteiger partial charge < -0.3 is 5.32 Å². The van der Waals surface area contributed by atoms with Gasteiger partial charge >= 0.3 is 0 Å². The molecule has 0 aliphatic heterocycles. The van der Waals surface area contributed by atoms with Gasteiger partial charge in [-0.25, -0.2) is 0 Å². The molecule has 0 aromatic rings. The maximum absolute atomic E-state index is 11.0. The van der Waals surface area contributed by atoms with E-state index in [2.05, 4.69) is 18.8 Å². The Labute approximate surface area is 61.3 Å². The Balaban J connectivity index is 2.16. The van der Waals surface area contributed by atoms with E-state index < -0.39 is 0 Å². The van der Waals surface area contributed by atoms with Crippen molar-refractivity contribution in [3.05, 3.63) is 12.7 Å². The molecule has 2 heteroatoms. The Morgan fingerprint density at radius 3 is 2.90 bits per heavy atom. The smallest absolute Gasteiger partial charge is 0.223 e. The van der Waals surface area contributed by atoms with Crippen molar-refractivity contribution in [1.29, 1.82) is 0 Å². The maximum atomic E-state index is 11.0. The molecular weight excluding hydrogens is 126 g/mol. The maximum Gasteiger partial charge on any atom is 0.223 e. The molecule has 1 aliphatic carbocycles. The second-order valence-corrected chi connectivity index (χ2v) is 2.85. The molecule has 1 N–H and O–H groups in total. The summed E-state index contributed by atoms with van der Waals surface area (Å²) in [6.07, 6.45) is 2.76. The second kappa shape index (κ2) is 2.86. The lowest BCUT2D eigenvalue weighted by Gasteiger charge is -1.97. The largest absolute Gasteiger partial charge is 0.352 e. The summed E-state index contributed by atoms with van der Waals surface area (Å²) in [4.78, 5) is 11.0. The molecule has 0 aromatic heterocycles. The monoisotopic (exact) mass is 139 g/mol. The third kappa shape index (κ3) is 1.59. The van der Waals surface area contributed by atoms with Crippen LogP contribution in [0.4, 0.5) is 0 Å². The zero-order valence-corrected chi connectivity index (χ0v) is 6.26. The Morgan fingerprint density at radius 2 is 2.50 bits per heavy atom. The molecule has 2 nitrogen and oxygen atoms in total. The van der Waals surface area contributed by atoms with Crippen LogP contribution >= 0.6 is 0 Å². The molecule has 1 saturated carbocycles. The summed E-state index contributed by atoms with van der Waals surface area (Å²) in [7, 11) is 0. The Morgan fingerprint density at radius 1 is 1.90 bits per heavy atom. The first-order chi connectivity index (χ1) is 4.75. The zero-order valence-electron chi connectivity index (χ0n) is 6.26. The van der Waals surface area contributed by atoms with E-state index in [-0.39, 0.29) is 5.91 Å². The van der Waals surface area contributed by atoms with Crippen LogP contribution in [-0.4, -0.2) is 12.5 Å². The van der Waals surface area contributed by atoms with Gasteiger partial charge in [-0.1, -0.05) is 13.0 Å². The van der Waals surface area contributed by atoms with Crippen LogP contribution in [0, 0.1) is 11.8 Å². The summed E-state index contributed by atoms with van der Waals surface area (Å²) in [5, 5.41) is 2.77. The lowest BCUT2D eigenvalue weighted by atomic mass is 10.3. The minimum atomic E-state index is 0.187. The van der Waals surface area contributed by atoms with Crippen molar-refractivity contribution < 1.29 is 4.79 Å². The van der Waals surface area contributed by atoms with Gasteiger partial charge in [0, 0.05) is 12.5 Å². The van der Waals surface area contributed by atoms with Crippen LogP contribution in [0.5, 0.6) is 0 Å². The highest BCUT2D eigenvalue weighted by molar-refractivity contribution is 5.81. The van der Waals surface area contributed by atoms with Gasteiger partial charge in [-0.3, -0.25) is 4.79 Å². The number of hydrogen-bond donors (Lipinski definition) is 1. The van der Waals surface area contributed by atoms with Crippen molar-refractivity contribution in [3.8, 4) is 0 Å². The third-order valence-electron chi connectivity index (χ3n) is 1.87. The van der Waals surface area contributed by atoms with Gasteiger partial charge in [0.25, 0.3) is 0 Å². The van der Waals surface area contributed by atoms with Crippen LogP contribution in [0.3, 0.4) is 0 Å². The van der Waals surface area contributed by atoms with Gasteiger partial charge in [-0.2, -0.15) is 0 Å². The molecule has 56 valence electrons. The molecular formula is C8H13NO. The minimum Gasteiger partial charge on any atom is -0.352 e. The molecule has 2 atom stereocenters. The fourth-order valence-corrected chi connectivity index (χ4v) is 0.991. The third-order valence-corrected chi connectivity index (χ3v) is 1.87. The van der Waals surface area contributed by atoms with Crippen molar-refractivity contribution in [3.63, 3.8) is 0 Å². The summed E-state index contributed by atoms with van der Waals surface area (Å²) in [6.45, 7) is 6.21. The lowest BCUT2D eigenvalue weighted by molar-refractivity contribution is -0.122. The summed E-state index contributed by atoms with van der Waals surface area (Å²) >= 11 is 0. The molecule has 10 heavy (non-hydrogen) atoms. The average Bonchev–Trinajstić information content (AvgIpc) is 2.62. The topological polar surface area (TPSA) is 29.1 Å². The molecule has 0 radical (unpaired) electrons. The van der Waals surface area contributed by atoms with E-state index >= 15 is 0 Å². The molecule has 0 saturated heterocycles. The number of amides is 1. The molecule has 1 fully saturated rings. The number of nitrogens with one attached hydrogen (secondary N) is 1. The van der Waals surface area contributed by atoms with Gasteiger partial charge in [0.2, 0.25) is 5.91 Å². The van der Waals surface area contributed by atoms with Crippen molar-refractivity contribution >= 4 is 5.91 Å². The van der Waals surface area contributed by atoms with Crippen LogP contribution in [0.1, 0.15) is 13.3 Å². The Kier molecular flexibility index (Phi) is 2.10.